The Morgan fingerprint density at radius 3 is 2.58 bits per heavy atom. The van der Waals surface area contributed by atoms with Gasteiger partial charge in [-0.25, -0.2) is 0 Å². The van der Waals surface area contributed by atoms with E-state index in [1.165, 1.54) is 0 Å². The second-order valence-corrected chi connectivity index (χ2v) is 5.67. The van der Waals surface area contributed by atoms with Crippen molar-refractivity contribution in [2.24, 2.45) is 0 Å². The summed E-state index contributed by atoms with van der Waals surface area (Å²) < 4.78 is 0. The Morgan fingerprint density at radius 2 is 1.95 bits per heavy atom. The van der Waals surface area contributed by atoms with E-state index >= 15 is 0 Å². The average Bonchev–Trinajstić information content (AvgIpc) is 2.37. The first-order valence-corrected chi connectivity index (χ1v) is 6.71. The highest BCUT2D eigenvalue weighted by molar-refractivity contribution is 5.96. The number of unbranched alkanes of at least 4 members (excludes halogenated alkanes) is 2. The average molecular weight is 258 g/mol. The van der Waals surface area contributed by atoms with E-state index in [2.05, 4.69) is 32.2 Å². The highest BCUT2D eigenvalue weighted by Crippen LogP contribution is 2.25. The quantitative estimate of drug-likeness (QED) is 0.823. The van der Waals surface area contributed by atoms with Crippen LogP contribution >= 0.6 is 0 Å². The molecule has 102 valence electrons. The zero-order valence-electron chi connectivity index (χ0n) is 12.0. The van der Waals surface area contributed by atoms with Gasteiger partial charge in [0.15, 0.2) is 0 Å². The molecule has 0 aliphatic heterocycles. The third kappa shape index (κ3) is 4.75. The SMILES string of the molecule is CC(C)(C)c1ccccc1C(=O)NCCCCC#N. The molecule has 0 aliphatic carbocycles. The first-order chi connectivity index (χ1) is 8.96. The molecule has 1 rings (SSSR count). The molecule has 1 aromatic rings. The number of nitriles is 1. The summed E-state index contributed by atoms with van der Waals surface area (Å²) in [6.07, 6.45) is 2.23. The molecule has 0 spiro atoms. The summed E-state index contributed by atoms with van der Waals surface area (Å²) in [6.45, 7) is 6.93. The second-order valence-electron chi connectivity index (χ2n) is 5.67. The molecule has 0 saturated carbocycles. The lowest BCUT2D eigenvalue weighted by atomic mass is 9.83. The first kappa shape index (κ1) is 15.2. The van der Waals surface area contributed by atoms with E-state index in [1.807, 2.05) is 24.3 Å². The van der Waals surface area contributed by atoms with Gasteiger partial charge in [0.2, 0.25) is 0 Å². The maximum Gasteiger partial charge on any atom is 0.251 e. The smallest absolute Gasteiger partial charge is 0.251 e. The second kappa shape index (κ2) is 6.94. The highest BCUT2D eigenvalue weighted by Gasteiger charge is 2.20. The predicted octanol–water partition coefficient (Wildman–Crippen LogP) is 3.41. The van der Waals surface area contributed by atoms with E-state index in [9.17, 15) is 4.79 Å². The molecule has 0 bridgehead atoms. The van der Waals surface area contributed by atoms with Crippen LogP contribution in [-0.2, 0) is 5.41 Å². The minimum Gasteiger partial charge on any atom is -0.352 e. The van der Waals surface area contributed by atoms with Gasteiger partial charge in [-0.2, -0.15) is 5.26 Å². The van der Waals surface area contributed by atoms with Crippen LogP contribution < -0.4 is 5.32 Å². The molecular formula is C16H22N2O. The van der Waals surface area contributed by atoms with E-state index in [0.29, 0.717) is 13.0 Å². The van der Waals surface area contributed by atoms with Crippen LogP contribution in [0.4, 0.5) is 0 Å². The van der Waals surface area contributed by atoms with Gasteiger partial charge in [-0.3, -0.25) is 4.79 Å². The minimum absolute atomic E-state index is 0.0255. The molecule has 1 N–H and O–H groups in total. The van der Waals surface area contributed by atoms with Crippen LogP contribution in [0.5, 0.6) is 0 Å². The highest BCUT2D eigenvalue weighted by atomic mass is 16.1. The minimum atomic E-state index is -0.0469. The molecule has 1 aromatic carbocycles. The number of nitrogens with zero attached hydrogens (tertiary/aromatic N) is 1. The van der Waals surface area contributed by atoms with E-state index < -0.39 is 0 Å². The van der Waals surface area contributed by atoms with E-state index in [4.69, 9.17) is 5.26 Å². The Bertz CT molecular complexity index is 466. The molecule has 0 saturated heterocycles. The fraction of sp³-hybridized carbons (Fsp3) is 0.500. The summed E-state index contributed by atoms with van der Waals surface area (Å²) in [5, 5.41) is 11.4. The van der Waals surface area contributed by atoms with Crippen LogP contribution in [0.15, 0.2) is 24.3 Å². The maximum atomic E-state index is 12.2. The number of hydrogen-bond acceptors (Lipinski definition) is 2. The van der Waals surface area contributed by atoms with E-state index in [0.717, 1.165) is 24.0 Å². The lowest BCUT2D eigenvalue weighted by Gasteiger charge is -2.22. The van der Waals surface area contributed by atoms with Gasteiger partial charge in [0.05, 0.1) is 6.07 Å². The third-order valence-electron chi connectivity index (χ3n) is 2.98. The van der Waals surface area contributed by atoms with Gasteiger partial charge in [-0.05, 0) is 29.9 Å². The number of carbonyl (C=O) groups excluding carboxylic acids is 1. The van der Waals surface area contributed by atoms with E-state index in [1.54, 1.807) is 0 Å². The molecule has 19 heavy (non-hydrogen) atoms. The molecule has 0 atom stereocenters. The van der Waals surface area contributed by atoms with Crippen LogP contribution in [0, 0.1) is 11.3 Å². The van der Waals surface area contributed by atoms with Gasteiger partial charge in [0, 0.05) is 18.5 Å². The van der Waals surface area contributed by atoms with Crippen molar-refractivity contribution in [3.05, 3.63) is 35.4 Å². The fourth-order valence-corrected chi connectivity index (χ4v) is 1.96. The first-order valence-electron chi connectivity index (χ1n) is 6.71. The number of benzene rings is 1. The van der Waals surface area contributed by atoms with Gasteiger partial charge in [0.1, 0.15) is 0 Å². The lowest BCUT2D eigenvalue weighted by Crippen LogP contribution is -2.27. The number of carbonyl (C=O) groups is 1. The molecule has 0 heterocycles. The summed E-state index contributed by atoms with van der Waals surface area (Å²) in [5.41, 5.74) is 1.76. The number of hydrogen-bond donors (Lipinski definition) is 1. The number of amides is 1. The zero-order chi connectivity index (χ0) is 14.3. The Balaban J connectivity index is 2.65. The summed E-state index contributed by atoms with van der Waals surface area (Å²) >= 11 is 0. The zero-order valence-corrected chi connectivity index (χ0v) is 12.0. The Labute approximate surface area is 115 Å². The largest absolute Gasteiger partial charge is 0.352 e. The van der Waals surface area contributed by atoms with Crippen molar-refractivity contribution in [1.82, 2.24) is 5.32 Å². The van der Waals surface area contributed by atoms with Crippen molar-refractivity contribution in [3.8, 4) is 6.07 Å². The molecule has 0 radical (unpaired) electrons. The lowest BCUT2D eigenvalue weighted by molar-refractivity contribution is 0.0951. The van der Waals surface area contributed by atoms with Crippen molar-refractivity contribution < 1.29 is 4.79 Å². The number of nitrogens with one attached hydrogen (secondary N) is 1. The molecule has 0 unspecified atom stereocenters. The monoisotopic (exact) mass is 258 g/mol. The molecular weight excluding hydrogens is 236 g/mol. The topological polar surface area (TPSA) is 52.9 Å². The number of rotatable bonds is 5. The molecule has 3 heteroatoms. The summed E-state index contributed by atoms with van der Waals surface area (Å²) in [4.78, 5) is 12.2. The standard InChI is InChI=1S/C16H22N2O/c1-16(2,3)14-10-6-5-9-13(14)15(19)18-12-8-4-7-11-17/h5-6,9-10H,4,7-8,12H2,1-3H3,(H,18,19). The summed E-state index contributed by atoms with van der Waals surface area (Å²) in [5.74, 6) is -0.0255. The van der Waals surface area contributed by atoms with Crippen molar-refractivity contribution in [2.45, 2.75) is 45.4 Å². The normalized spacial score (nSPS) is 10.8. The molecule has 3 nitrogen and oxygen atoms in total. The van der Waals surface area contributed by atoms with Crippen LogP contribution in [0.2, 0.25) is 0 Å². The van der Waals surface area contributed by atoms with Gasteiger partial charge in [-0.1, -0.05) is 39.0 Å². The van der Waals surface area contributed by atoms with Crippen LogP contribution in [0.1, 0.15) is 56.0 Å². The van der Waals surface area contributed by atoms with Crippen molar-refractivity contribution in [1.29, 1.82) is 5.26 Å². The van der Waals surface area contributed by atoms with Gasteiger partial charge in [0.25, 0.3) is 5.91 Å². The van der Waals surface area contributed by atoms with Gasteiger partial charge in [-0.15, -0.1) is 0 Å². The molecule has 0 fully saturated rings. The van der Waals surface area contributed by atoms with Crippen molar-refractivity contribution in [3.63, 3.8) is 0 Å². The van der Waals surface area contributed by atoms with Gasteiger partial charge >= 0.3 is 0 Å². The molecule has 1 amide bonds. The van der Waals surface area contributed by atoms with Crippen LogP contribution in [0.25, 0.3) is 0 Å². The van der Waals surface area contributed by atoms with Gasteiger partial charge < -0.3 is 5.32 Å². The Morgan fingerprint density at radius 1 is 1.26 bits per heavy atom. The van der Waals surface area contributed by atoms with Crippen molar-refractivity contribution in [2.75, 3.05) is 6.54 Å². The Kier molecular flexibility index (Phi) is 5.57. The molecule has 0 aliphatic rings. The maximum absolute atomic E-state index is 12.2. The third-order valence-corrected chi connectivity index (χ3v) is 2.98. The molecule has 0 aromatic heterocycles. The predicted molar refractivity (Wildman–Crippen MR) is 76.9 cm³/mol. The van der Waals surface area contributed by atoms with Crippen LogP contribution in [-0.4, -0.2) is 12.5 Å². The Hall–Kier alpha value is -1.82. The summed E-state index contributed by atoms with van der Waals surface area (Å²) in [7, 11) is 0. The fourth-order valence-electron chi connectivity index (χ4n) is 1.96. The van der Waals surface area contributed by atoms with Crippen LogP contribution in [0.3, 0.4) is 0 Å². The summed E-state index contributed by atoms with van der Waals surface area (Å²) in [6, 6.07) is 9.83. The van der Waals surface area contributed by atoms with Crippen molar-refractivity contribution >= 4 is 5.91 Å². The van der Waals surface area contributed by atoms with E-state index in [-0.39, 0.29) is 11.3 Å².